The Morgan fingerprint density at radius 1 is 1.19 bits per heavy atom. The first-order valence-electron chi connectivity index (χ1n) is 12.9. The number of benzene rings is 1. The van der Waals surface area contributed by atoms with Crippen molar-refractivity contribution in [1.82, 2.24) is 20.4 Å². The molecule has 6 atom stereocenters. The summed E-state index contributed by atoms with van der Waals surface area (Å²) in [6, 6.07) is 8.09. The van der Waals surface area contributed by atoms with E-state index in [1.165, 1.54) is 4.90 Å². The van der Waals surface area contributed by atoms with Gasteiger partial charge in [0.05, 0.1) is 43.8 Å². The molecule has 0 aromatic heterocycles. The molecule has 3 N–H and O–H groups in total. The number of ether oxygens (including phenoxy) is 2. The standard InChI is InChI=1S/C26H36N4O6/c1-27-23(32)20-19-7-8-26(36-19)21(20)25(34)30(18(16-31)15-17-5-3-2-4-6-17)22(26)24(33)28-9-10-29-11-13-35-14-12-29/h2-6,18-22,31H,7-16H2,1H3,(H,27,32)(H,28,33)/t18-,19+,20-,21+,22?,26?/m1/s1. The quantitative estimate of drug-likeness (QED) is 0.404. The molecule has 2 unspecified atom stereocenters. The third-order valence-corrected chi connectivity index (χ3v) is 8.28. The van der Waals surface area contributed by atoms with Gasteiger partial charge in [-0.2, -0.15) is 0 Å². The number of nitrogens with zero attached hydrogens (tertiary/aromatic N) is 2. The van der Waals surface area contributed by atoms with Gasteiger partial charge in [0.2, 0.25) is 17.7 Å². The first kappa shape index (κ1) is 25.1. The molecule has 4 heterocycles. The smallest absolute Gasteiger partial charge is 0.245 e. The normalized spacial score (nSPS) is 32.4. The molecule has 4 saturated heterocycles. The summed E-state index contributed by atoms with van der Waals surface area (Å²) in [6.07, 6.45) is 1.17. The average molecular weight is 501 g/mol. The highest BCUT2D eigenvalue weighted by atomic mass is 16.5. The molecule has 10 nitrogen and oxygen atoms in total. The number of amides is 3. The van der Waals surface area contributed by atoms with E-state index < -0.39 is 29.5 Å². The van der Waals surface area contributed by atoms with Gasteiger partial charge in [-0.3, -0.25) is 19.3 Å². The van der Waals surface area contributed by atoms with Crippen molar-refractivity contribution in [3.05, 3.63) is 35.9 Å². The maximum absolute atomic E-state index is 14.0. The predicted octanol–water partition coefficient (Wildman–Crippen LogP) is -0.841. The fourth-order valence-electron chi connectivity index (χ4n) is 6.65. The molecule has 4 aliphatic heterocycles. The molecular formula is C26H36N4O6. The Bertz CT molecular complexity index is 970. The Balaban J connectivity index is 1.42. The molecule has 36 heavy (non-hydrogen) atoms. The van der Waals surface area contributed by atoms with Crippen LogP contribution in [-0.2, 0) is 30.3 Å². The number of likely N-dealkylation sites (tertiary alicyclic amines) is 1. The van der Waals surface area contributed by atoms with Gasteiger partial charge in [-0.25, -0.2) is 0 Å². The van der Waals surface area contributed by atoms with Gasteiger partial charge in [-0.05, 0) is 24.8 Å². The minimum atomic E-state index is -1.06. The van der Waals surface area contributed by atoms with Crippen molar-refractivity contribution >= 4 is 17.7 Å². The van der Waals surface area contributed by atoms with Crippen LogP contribution in [0.3, 0.4) is 0 Å². The number of hydrogen-bond acceptors (Lipinski definition) is 7. The lowest BCUT2D eigenvalue weighted by molar-refractivity contribution is -0.145. The topological polar surface area (TPSA) is 120 Å². The number of rotatable bonds is 9. The van der Waals surface area contributed by atoms with Crippen LogP contribution in [-0.4, -0.2) is 109 Å². The SMILES string of the molecule is CNC(=O)[C@@H]1[C@@H]2CCC3(O2)C(C(=O)NCCN2CCOCC2)N([C@@H](CO)Cc2ccccc2)C(=O)[C@H]13. The number of aliphatic hydroxyl groups is 1. The summed E-state index contributed by atoms with van der Waals surface area (Å²) >= 11 is 0. The maximum Gasteiger partial charge on any atom is 0.245 e. The monoisotopic (exact) mass is 500 g/mol. The van der Waals surface area contributed by atoms with Gasteiger partial charge >= 0.3 is 0 Å². The number of fused-ring (bicyclic) bond motifs is 1. The summed E-state index contributed by atoms with van der Waals surface area (Å²) in [7, 11) is 1.56. The van der Waals surface area contributed by atoms with Crippen LogP contribution in [0.5, 0.6) is 0 Å². The van der Waals surface area contributed by atoms with Crippen molar-refractivity contribution in [1.29, 1.82) is 0 Å². The highest BCUT2D eigenvalue weighted by Crippen LogP contribution is 2.58. The Morgan fingerprint density at radius 2 is 1.94 bits per heavy atom. The molecule has 5 rings (SSSR count). The fraction of sp³-hybridized carbons (Fsp3) is 0.654. The number of carbonyl (C=O) groups excluding carboxylic acids is 3. The van der Waals surface area contributed by atoms with Crippen molar-refractivity contribution in [3.8, 4) is 0 Å². The number of morpholine rings is 1. The summed E-state index contributed by atoms with van der Waals surface area (Å²) in [5.74, 6) is -2.19. The van der Waals surface area contributed by atoms with E-state index in [-0.39, 0.29) is 30.4 Å². The molecule has 2 bridgehead atoms. The van der Waals surface area contributed by atoms with Crippen molar-refractivity contribution in [2.75, 3.05) is 53.0 Å². The molecule has 1 aromatic rings. The highest BCUT2D eigenvalue weighted by molar-refractivity contribution is 5.99. The molecule has 1 spiro atoms. The van der Waals surface area contributed by atoms with Crippen LogP contribution in [0.2, 0.25) is 0 Å². The lowest BCUT2D eigenvalue weighted by Crippen LogP contribution is -2.59. The summed E-state index contributed by atoms with van der Waals surface area (Å²) in [5.41, 5.74) is -0.107. The van der Waals surface area contributed by atoms with Crippen LogP contribution in [0.4, 0.5) is 0 Å². The van der Waals surface area contributed by atoms with Gasteiger partial charge in [-0.1, -0.05) is 30.3 Å². The molecule has 4 fully saturated rings. The zero-order valence-electron chi connectivity index (χ0n) is 20.7. The molecule has 196 valence electrons. The lowest BCUT2D eigenvalue weighted by Gasteiger charge is -2.37. The fourth-order valence-corrected chi connectivity index (χ4v) is 6.65. The van der Waals surface area contributed by atoms with Crippen molar-refractivity contribution in [3.63, 3.8) is 0 Å². The third kappa shape index (κ3) is 4.30. The van der Waals surface area contributed by atoms with Gasteiger partial charge < -0.3 is 30.1 Å². The minimum absolute atomic E-state index is 0.239. The van der Waals surface area contributed by atoms with E-state index in [2.05, 4.69) is 15.5 Å². The Kier molecular flexibility index (Phi) is 7.30. The average Bonchev–Trinajstić information content (AvgIpc) is 3.55. The molecular weight excluding hydrogens is 464 g/mol. The van der Waals surface area contributed by atoms with Crippen molar-refractivity contribution in [2.24, 2.45) is 11.8 Å². The lowest BCUT2D eigenvalue weighted by atomic mass is 9.70. The van der Waals surface area contributed by atoms with Gasteiger partial charge in [0.25, 0.3) is 0 Å². The first-order valence-corrected chi connectivity index (χ1v) is 12.9. The summed E-state index contributed by atoms with van der Waals surface area (Å²) in [6.45, 7) is 3.81. The second-order valence-electron chi connectivity index (χ2n) is 10.2. The summed E-state index contributed by atoms with van der Waals surface area (Å²) in [4.78, 5) is 44.3. The van der Waals surface area contributed by atoms with Gasteiger partial charge in [0, 0.05) is 33.2 Å². The van der Waals surface area contributed by atoms with Gasteiger partial charge in [0.15, 0.2) is 0 Å². The molecule has 3 amide bonds. The van der Waals surface area contributed by atoms with E-state index in [9.17, 15) is 19.5 Å². The van der Waals surface area contributed by atoms with E-state index >= 15 is 0 Å². The second-order valence-corrected chi connectivity index (χ2v) is 10.2. The molecule has 10 heteroatoms. The maximum atomic E-state index is 14.0. The molecule has 4 aliphatic rings. The zero-order chi connectivity index (χ0) is 25.3. The van der Waals surface area contributed by atoms with Crippen LogP contribution in [0, 0.1) is 11.8 Å². The Hall–Kier alpha value is -2.53. The van der Waals surface area contributed by atoms with Gasteiger partial charge in [-0.15, -0.1) is 0 Å². The van der Waals surface area contributed by atoms with Crippen LogP contribution in [0.1, 0.15) is 18.4 Å². The van der Waals surface area contributed by atoms with E-state index in [0.29, 0.717) is 45.6 Å². The molecule has 0 saturated carbocycles. The van der Waals surface area contributed by atoms with Gasteiger partial charge in [0.1, 0.15) is 11.6 Å². The van der Waals surface area contributed by atoms with E-state index in [1.54, 1.807) is 7.05 Å². The zero-order valence-corrected chi connectivity index (χ0v) is 20.7. The number of nitrogens with one attached hydrogen (secondary N) is 2. The largest absolute Gasteiger partial charge is 0.394 e. The van der Waals surface area contributed by atoms with Crippen molar-refractivity contribution in [2.45, 2.75) is 43.1 Å². The van der Waals surface area contributed by atoms with Crippen LogP contribution in [0.25, 0.3) is 0 Å². The molecule has 0 radical (unpaired) electrons. The highest BCUT2D eigenvalue weighted by Gasteiger charge is 2.74. The summed E-state index contributed by atoms with van der Waals surface area (Å²) < 4.78 is 11.8. The van der Waals surface area contributed by atoms with Crippen LogP contribution < -0.4 is 10.6 Å². The predicted molar refractivity (Wildman–Crippen MR) is 130 cm³/mol. The molecule has 0 aliphatic carbocycles. The second kappa shape index (κ2) is 10.5. The van der Waals surface area contributed by atoms with Crippen LogP contribution >= 0.6 is 0 Å². The third-order valence-electron chi connectivity index (χ3n) is 8.28. The van der Waals surface area contributed by atoms with Crippen LogP contribution in [0.15, 0.2) is 30.3 Å². The van der Waals surface area contributed by atoms with E-state index in [4.69, 9.17) is 9.47 Å². The number of carbonyl (C=O) groups is 3. The first-order chi connectivity index (χ1) is 17.5. The minimum Gasteiger partial charge on any atom is -0.394 e. The summed E-state index contributed by atoms with van der Waals surface area (Å²) in [5, 5.41) is 16.1. The van der Waals surface area contributed by atoms with E-state index in [1.807, 2.05) is 30.3 Å². The van der Waals surface area contributed by atoms with E-state index in [0.717, 1.165) is 18.7 Å². The Morgan fingerprint density at radius 3 is 2.64 bits per heavy atom. The number of aliphatic hydroxyl groups excluding tert-OH is 1. The Labute approximate surface area is 211 Å². The van der Waals surface area contributed by atoms with Crippen molar-refractivity contribution < 1.29 is 29.0 Å². The molecule has 1 aromatic carbocycles. The number of hydrogen-bond donors (Lipinski definition) is 3.